The standard InChI is InChI=1S/C19H26N2O5S/c1-25-17-5-3-15(18(13-17)26-2)4-6-19(22)21-10-8-20(9-11-21)16-7-12-27(23,24)14-16/h3-6,13,16H,7-12,14H2,1-2H3/b6-4+/t16-/m1/s1. The summed E-state index contributed by atoms with van der Waals surface area (Å²) >= 11 is 0. The van der Waals surface area contributed by atoms with Gasteiger partial charge in [0.25, 0.3) is 0 Å². The molecule has 0 radical (unpaired) electrons. The van der Waals surface area contributed by atoms with Crippen LogP contribution in [0.3, 0.4) is 0 Å². The maximum Gasteiger partial charge on any atom is 0.246 e. The van der Waals surface area contributed by atoms with Crippen LogP contribution in [-0.4, -0.2) is 82.1 Å². The highest BCUT2D eigenvalue weighted by molar-refractivity contribution is 7.91. The van der Waals surface area contributed by atoms with Crippen LogP contribution < -0.4 is 9.47 Å². The van der Waals surface area contributed by atoms with Crippen molar-refractivity contribution in [2.24, 2.45) is 0 Å². The Morgan fingerprint density at radius 1 is 1.15 bits per heavy atom. The number of ether oxygens (including phenoxy) is 2. The average molecular weight is 394 g/mol. The number of methoxy groups -OCH3 is 2. The van der Waals surface area contributed by atoms with E-state index in [4.69, 9.17) is 9.47 Å². The van der Waals surface area contributed by atoms with Crippen molar-refractivity contribution in [1.29, 1.82) is 0 Å². The van der Waals surface area contributed by atoms with Crippen LogP contribution >= 0.6 is 0 Å². The largest absolute Gasteiger partial charge is 0.497 e. The lowest BCUT2D eigenvalue weighted by Gasteiger charge is -2.37. The third-order valence-electron chi connectivity index (χ3n) is 5.20. The van der Waals surface area contributed by atoms with Gasteiger partial charge in [-0.25, -0.2) is 8.42 Å². The van der Waals surface area contributed by atoms with Crippen molar-refractivity contribution in [1.82, 2.24) is 9.80 Å². The minimum absolute atomic E-state index is 0.0495. The highest BCUT2D eigenvalue weighted by atomic mass is 32.2. The van der Waals surface area contributed by atoms with Gasteiger partial charge in [-0.3, -0.25) is 9.69 Å². The first-order valence-electron chi connectivity index (χ1n) is 9.05. The minimum Gasteiger partial charge on any atom is -0.497 e. The molecular weight excluding hydrogens is 368 g/mol. The quantitative estimate of drug-likeness (QED) is 0.695. The molecule has 0 saturated carbocycles. The van der Waals surface area contributed by atoms with E-state index in [-0.39, 0.29) is 23.5 Å². The summed E-state index contributed by atoms with van der Waals surface area (Å²) in [6.07, 6.45) is 4.00. The molecule has 3 rings (SSSR count). The van der Waals surface area contributed by atoms with E-state index in [1.807, 2.05) is 12.1 Å². The third-order valence-corrected chi connectivity index (χ3v) is 6.95. The molecular formula is C19H26N2O5S. The highest BCUT2D eigenvalue weighted by Gasteiger charge is 2.34. The van der Waals surface area contributed by atoms with Gasteiger partial charge >= 0.3 is 0 Å². The van der Waals surface area contributed by atoms with Crippen molar-refractivity contribution in [2.45, 2.75) is 12.5 Å². The van der Waals surface area contributed by atoms with E-state index in [0.717, 1.165) is 5.56 Å². The zero-order chi connectivity index (χ0) is 19.4. The van der Waals surface area contributed by atoms with Gasteiger partial charge in [0.2, 0.25) is 5.91 Å². The van der Waals surface area contributed by atoms with E-state index in [1.165, 1.54) is 0 Å². The molecule has 0 N–H and O–H groups in total. The van der Waals surface area contributed by atoms with Crippen molar-refractivity contribution in [2.75, 3.05) is 51.9 Å². The Bertz CT molecular complexity index is 813. The number of nitrogens with zero attached hydrogens (tertiary/aromatic N) is 2. The second-order valence-corrected chi connectivity index (χ2v) is 9.09. The Morgan fingerprint density at radius 3 is 2.48 bits per heavy atom. The highest BCUT2D eigenvalue weighted by Crippen LogP contribution is 2.25. The fourth-order valence-electron chi connectivity index (χ4n) is 3.59. The predicted molar refractivity (Wildman–Crippen MR) is 104 cm³/mol. The normalized spacial score (nSPS) is 22.9. The molecule has 2 heterocycles. The van der Waals surface area contributed by atoms with Crippen molar-refractivity contribution < 1.29 is 22.7 Å². The van der Waals surface area contributed by atoms with Gasteiger partial charge in [0, 0.05) is 49.9 Å². The summed E-state index contributed by atoms with van der Waals surface area (Å²) in [6, 6.07) is 5.55. The molecule has 0 bridgehead atoms. The van der Waals surface area contributed by atoms with Crippen LogP contribution in [0, 0.1) is 0 Å². The fraction of sp³-hybridized carbons (Fsp3) is 0.526. The molecule has 1 aromatic carbocycles. The summed E-state index contributed by atoms with van der Waals surface area (Å²) in [6.45, 7) is 2.65. The topological polar surface area (TPSA) is 76.2 Å². The van der Waals surface area contributed by atoms with Crippen LogP contribution in [0.1, 0.15) is 12.0 Å². The van der Waals surface area contributed by atoms with Crippen molar-refractivity contribution in [3.63, 3.8) is 0 Å². The van der Waals surface area contributed by atoms with Crippen LogP contribution in [0.4, 0.5) is 0 Å². The zero-order valence-electron chi connectivity index (χ0n) is 15.8. The first-order chi connectivity index (χ1) is 12.9. The molecule has 2 fully saturated rings. The minimum atomic E-state index is -2.88. The number of hydrogen-bond acceptors (Lipinski definition) is 6. The van der Waals surface area contributed by atoms with Gasteiger partial charge in [-0.1, -0.05) is 0 Å². The Balaban J connectivity index is 1.56. The summed E-state index contributed by atoms with van der Waals surface area (Å²) < 4.78 is 33.8. The molecule has 27 heavy (non-hydrogen) atoms. The van der Waals surface area contributed by atoms with Gasteiger partial charge in [-0.2, -0.15) is 0 Å². The lowest BCUT2D eigenvalue weighted by molar-refractivity contribution is -0.127. The Kier molecular flexibility index (Phi) is 6.06. The lowest BCUT2D eigenvalue weighted by atomic mass is 10.1. The summed E-state index contributed by atoms with van der Waals surface area (Å²) in [5, 5.41) is 0. The number of piperazine rings is 1. The molecule has 2 aliphatic rings. The van der Waals surface area contributed by atoms with Gasteiger partial charge in [0.05, 0.1) is 25.7 Å². The average Bonchev–Trinajstić information content (AvgIpc) is 3.05. The van der Waals surface area contributed by atoms with Crippen LogP contribution in [0.15, 0.2) is 24.3 Å². The number of benzene rings is 1. The van der Waals surface area contributed by atoms with Crippen LogP contribution in [0.2, 0.25) is 0 Å². The summed E-state index contributed by atoms with van der Waals surface area (Å²) in [7, 11) is 0.292. The number of carbonyl (C=O) groups excluding carboxylic acids is 1. The lowest BCUT2D eigenvalue weighted by Crippen LogP contribution is -2.52. The molecule has 2 saturated heterocycles. The van der Waals surface area contributed by atoms with Gasteiger partial charge in [-0.05, 0) is 24.6 Å². The van der Waals surface area contributed by atoms with Gasteiger partial charge in [0.1, 0.15) is 11.5 Å². The Labute approximate surface area is 160 Å². The summed E-state index contributed by atoms with van der Waals surface area (Å²) in [4.78, 5) is 16.5. The molecule has 2 aliphatic heterocycles. The maximum absolute atomic E-state index is 12.5. The van der Waals surface area contributed by atoms with E-state index in [1.54, 1.807) is 37.3 Å². The van der Waals surface area contributed by atoms with Gasteiger partial charge in [0.15, 0.2) is 9.84 Å². The van der Waals surface area contributed by atoms with Crippen molar-refractivity contribution in [3.8, 4) is 11.5 Å². The molecule has 0 aromatic heterocycles. The van der Waals surface area contributed by atoms with E-state index in [9.17, 15) is 13.2 Å². The number of carbonyl (C=O) groups is 1. The number of hydrogen-bond donors (Lipinski definition) is 0. The van der Waals surface area contributed by atoms with Crippen molar-refractivity contribution in [3.05, 3.63) is 29.8 Å². The maximum atomic E-state index is 12.5. The SMILES string of the molecule is COc1ccc(/C=C/C(=O)N2CCN([C@@H]3CCS(=O)(=O)C3)CC2)c(OC)c1. The van der Waals surface area contributed by atoms with E-state index >= 15 is 0 Å². The number of amides is 1. The summed E-state index contributed by atoms with van der Waals surface area (Å²) in [5.41, 5.74) is 0.807. The molecule has 1 amide bonds. The Morgan fingerprint density at radius 2 is 1.89 bits per heavy atom. The number of sulfone groups is 1. The first-order valence-corrected chi connectivity index (χ1v) is 10.9. The van der Waals surface area contributed by atoms with Crippen LogP contribution in [-0.2, 0) is 14.6 Å². The first kappa shape index (κ1) is 19.7. The predicted octanol–water partition coefficient (Wildman–Crippen LogP) is 1.05. The number of rotatable bonds is 5. The molecule has 148 valence electrons. The molecule has 1 atom stereocenters. The second kappa shape index (κ2) is 8.31. The van der Waals surface area contributed by atoms with Gasteiger partial charge < -0.3 is 14.4 Å². The molecule has 1 aromatic rings. The molecule has 7 nitrogen and oxygen atoms in total. The zero-order valence-corrected chi connectivity index (χ0v) is 16.6. The van der Waals surface area contributed by atoms with Gasteiger partial charge in [-0.15, -0.1) is 0 Å². The van der Waals surface area contributed by atoms with Crippen molar-refractivity contribution >= 4 is 21.8 Å². The van der Waals surface area contributed by atoms with E-state index in [0.29, 0.717) is 44.1 Å². The second-order valence-electron chi connectivity index (χ2n) is 6.86. The molecule has 0 spiro atoms. The Hall–Kier alpha value is -2.06. The van der Waals surface area contributed by atoms with E-state index in [2.05, 4.69) is 4.90 Å². The van der Waals surface area contributed by atoms with E-state index < -0.39 is 9.84 Å². The summed E-state index contributed by atoms with van der Waals surface area (Å²) in [5.74, 6) is 1.82. The molecule has 0 unspecified atom stereocenters. The molecule has 0 aliphatic carbocycles. The van der Waals surface area contributed by atoms with Crippen LogP contribution in [0.5, 0.6) is 11.5 Å². The van der Waals surface area contributed by atoms with Crippen LogP contribution in [0.25, 0.3) is 6.08 Å². The fourth-order valence-corrected chi connectivity index (χ4v) is 5.36. The third kappa shape index (κ3) is 4.81. The molecule has 8 heteroatoms. The monoisotopic (exact) mass is 394 g/mol. The smallest absolute Gasteiger partial charge is 0.246 e.